The summed E-state index contributed by atoms with van der Waals surface area (Å²) in [6.45, 7) is 4.69. The van der Waals surface area contributed by atoms with Crippen LogP contribution in [-0.4, -0.2) is 0 Å². The first-order valence-corrected chi connectivity index (χ1v) is 20.0. The van der Waals surface area contributed by atoms with E-state index < -0.39 is 0 Å². The molecule has 0 N–H and O–H groups in total. The molecule has 3 heteroatoms. The van der Waals surface area contributed by atoms with Gasteiger partial charge in [-0.1, -0.05) is 153 Å². The molecule has 274 valence electrons. The van der Waals surface area contributed by atoms with E-state index in [-0.39, 0.29) is 5.41 Å². The highest BCUT2D eigenvalue weighted by molar-refractivity contribution is 6.22. The van der Waals surface area contributed by atoms with Crippen molar-refractivity contribution in [1.82, 2.24) is 0 Å². The van der Waals surface area contributed by atoms with Crippen LogP contribution in [0, 0.1) is 0 Å². The van der Waals surface area contributed by atoms with Crippen LogP contribution in [0.3, 0.4) is 0 Å². The average molecular weight is 744 g/mol. The zero-order valence-corrected chi connectivity index (χ0v) is 32.2. The normalized spacial score (nSPS) is 13.1. The van der Waals surface area contributed by atoms with Crippen LogP contribution in [0.15, 0.2) is 197 Å². The molecular formula is C55H37NO2. The standard InChI is InChI=1S/C55H37NO2/c1-55(2)47-24-11-8-20-40(47)41-29-27-36(32-48(41)55)56(49-25-12-9-18-38(49)34-15-4-3-5-16-34)37-28-30-43-46-31-35-17-6-7-19-39(35)52(54(46)58-51(43)33-37)45-23-14-22-44-42-21-10-13-26-50(42)57-53(44)45/h3-33H,1-2H3. The molecule has 12 rings (SSSR count). The van der Waals surface area contributed by atoms with Crippen LogP contribution in [0.5, 0.6) is 0 Å². The summed E-state index contributed by atoms with van der Waals surface area (Å²) in [4.78, 5) is 2.40. The first-order valence-electron chi connectivity index (χ1n) is 20.0. The number of rotatable bonds is 5. The summed E-state index contributed by atoms with van der Waals surface area (Å²) in [6, 6.07) is 67.6. The Morgan fingerprint density at radius 2 is 1.03 bits per heavy atom. The molecule has 0 fully saturated rings. The lowest BCUT2D eigenvalue weighted by atomic mass is 9.82. The van der Waals surface area contributed by atoms with Crippen molar-refractivity contribution >= 4 is 71.7 Å². The van der Waals surface area contributed by atoms with E-state index in [2.05, 4.69) is 195 Å². The summed E-state index contributed by atoms with van der Waals surface area (Å²) in [7, 11) is 0. The average Bonchev–Trinajstić information content (AvgIpc) is 3.91. The number of hydrogen-bond donors (Lipinski definition) is 0. The SMILES string of the molecule is CC1(C)c2ccccc2-c2ccc(N(c3ccc4c(c3)oc3c(-c5cccc6c5oc5ccccc56)c5ccccc5cc34)c3ccccc3-c3ccccc3)cc21. The first kappa shape index (κ1) is 32.8. The maximum atomic E-state index is 7.13. The second-order valence-electron chi connectivity index (χ2n) is 16.0. The minimum absolute atomic E-state index is 0.143. The molecule has 1 aliphatic carbocycles. The van der Waals surface area contributed by atoms with E-state index in [4.69, 9.17) is 8.83 Å². The Labute approximate surface area is 336 Å². The Morgan fingerprint density at radius 1 is 0.397 bits per heavy atom. The fourth-order valence-electron chi connectivity index (χ4n) is 9.70. The monoisotopic (exact) mass is 743 g/mol. The quantitative estimate of drug-likeness (QED) is 0.176. The Bertz CT molecular complexity index is 3440. The van der Waals surface area contributed by atoms with Gasteiger partial charge in [0.2, 0.25) is 0 Å². The Kier molecular flexibility index (Phi) is 6.98. The Balaban J connectivity index is 1.11. The van der Waals surface area contributed by atoms with E-state index in [9.17, 15) is 0 Å². The van der Waals surface area contributed by atoms with Gasteiger partial charge in [0, 0.05) is 61.1 Å². The smallest absolute Gasteiger partial charge is 0.144 e. The molecule has 9 aromatic carbocycles. The van der Waals surface area contributed by atoms with Crippen molar-refractivity contribution in [3.63, 3.8) is 0 Å². The first-order chi connectivity index (χ1) is 28.5. The lowest BCUT2D eigenvalue weighted by Gasteiger charge is -2.29. The maximum Gasteiger partial charge on any atom is 0.144 e. The van der Waals surface area contributed by atoms with Crippen LogP contribution < -0.4 is 4.90 Å². The molecule has 1 aliphatic rings. The Morgan fingerprint density at radius 3 is 1.93 bits per heavy atom. The topological polar surface area (TPSA) is 29.5 Å². The van der Waals surface area contributed by atoms with E-state index in [1.165, 1.54) is 22.3 Å². The van der Waals surface area contributed by atoms with Gasteiger partial charge in [-0.2, -0.15) is 0 Å². The fourth-order valence-corrected chi connectivity index (χ4v) is 9.70. The summed E-state index contributed by atoms with van der Waals surface area (Å²) < 4.78 is 13.8. The molecule has 58 heavy (non-hydrogen) atoms. The number of nitrogens with zero attached hydrogens (tertiary/aromatic N) is 1. The van der Waals surface area contributed by atoms with Gasteiger partial charge in [0.1, 0.15) is 22.3 Å². The molecular weight excluding hydrogens is 707 g/mol. The van der Waals surface area contributed by atoms with Gasteiger partial charge in [0.15, 0.2) is 0 Å². The van der Waals surface area contributed by atoms with Crippen molar-refractivity contribution in [1.29, 1.82) is 0 Å². The van der Waals surface area contributed by atoms with E-state index >= 15 is 0 Å². The maximum absolute atomic E-state index is 7.13. The van der Waals surface area contributed by atoms with Crippen LogP contribution in [0.4, 0.5) is 17.1 Å². The van der Waals surface area contributed by atoms with E-state index in [0.717, 1.165) is 94.0 Å². The number of anilines is 3. The van der Waals surface area contributed by atoms with Crippen molar-refractivity contribution in [3.8, 4) is 33.4 Å². The molecule has 0 saturated carbocycles. The molecule has 0 aliphatic heterocycles. The molecule has 11 aromatic rings. The third kappa shape index (κ3) is 4.74. The van der Waals surface area contributed by atoms with Crippen molar-refractivity contribution in [2.24, 2.45) is 0 Å². The minimum Gasteiger partial charge on any atom is -0.455 e. The molecule has 2 heterocycles. The molecule has 0 amide bonds. The van der Waals surface area contributed by atoms with Gasteiger partial charge in [-0.15, -0.1) is 0 Å². The molecule has 3 nitrogen and oxygen atoms in total. The molecule has 0 spiro atoms. The van der Waals surface area contributed by atoms with Gasteiger partial charge in [0.25, 0.3) is 0 Å². The highest BCUT2D eigenvalue weighted by atomic mass is 16.3. The van der Waals surface area contributed by atoms with Crippen LogP contribution in [0.25, 0.3) is 88.0 Å². The lowest BCUT2D eigenvalue weighted by molar-refractivity contribution is 0.660. The van der Waals surface area contributed by atoms with Gasteiger partial charge >= 0.3 is 0 Å². The second-order valence-corrected chi connectivity index (χ2v) is 16.0. The van der Waals surface area contributed by atoms with Gasteiger partial charge < -0.3 is 13.7 Å². The third-order valence-corrected chi connectivity index (χ3v) is 12.5. The van der Waals surface area contributed by atoms with Gasteiger partial charge in [0.05, 0.1) is 5.69 Å². The van der Waals surface area contributed by atoms with Crippen molar-refractivity contribution in [2.75, 3.05) is 4.90 Å². The number of hydrogen-bond acceptors (Lipinski definition) is 3. The van der Waals surface area contributed by atoms with Crippen LogP contribution in [0.1, 0.15) is 25.0 Å². The molecule has 0 unspecified atom stereocenters. The highest BCUT2D eigenvalue weighted by Crippen LogP contribution is 2.52. The lowest BCUT2D eigenvalue weighted by Crippen LogP contribution is -2.16. The summed E-state index contributed by atoms with van der Waals surface area (Å²) in [5.74, 6) is 0. The minimum atomic E-state index is -0.143. The summed E-state index contributed by atoms with van der Waals surface area (Å²) in [6.07, 6.45) is 0. The molecule has 0 atom stereocenters. The summed E-state index contributed by atoms with van der Waals surface area (Å²) >= 11 is 0. The predicted molar refractivity (Wildman–Crippen MR) is 242 cm³/mol. The molecule has 0 saturated heterocycles. The van der Waals surface area contributed by atoms with E-state index in [0.29, 0.717) is 0 Å². The largest absolute Gasteiger partial charge is 0.455 e. The van der Waals surface area contributed by atoms with Crippen molar-refractivity contribution < 1.29 is 8.83 Å². The zero-order valence-electron chi connectivity index (χ0n) is 32.2. The predicted octanol–water partition coefficient (Wildman–Crippen LogP) is 15.7. The summed E-state index contributed by atoms with van der Waals surface area (Å²) in [5, 5.41) is 6.65. The number of furan rings is 2. The van der Waals surface area contributed by atoms with Crippen LogP contribution >= 0.6 is 0 Å². The Hall–Kier alpha value is -7.36. The van der Waals surface area contributed by atoms with Crippen molar-refractivity contribution in [2.45, 2.75) is 19.3 Å². The highest BCUT2D eigenvalue weighted by Gasteiger charge is 2.36. The van der Waals surface area contributed by atoms with E-state index in [1.54, 1.807) is 0 Å². The summed E-state index contributed by atoms with van der Waals surface area (Å²) in [5.41, 5.74) is 16.2. The van der Waals surface area contributed by atoms with Crippen LogP contribution in [0.2, 0.25) is 0 Å². The molecule has 0 bridgehead atoms. The van der Waals surface area contributed by atoms with Gasteiger partial charge in [-0.05, 0) is 81.1 Å². The number of para-hydroxylation sites is 3. The number of benzene rings is 9. The third-order valence-electron chi connectivity index (χ3n) is 12.5. The van der Waals surface area contributed by atoms with Crippen molar-refractivity contribution in [3.05, 3.63) is 199 Å². The van der Waals surface area contributed by atoms with Gasteiger partial charge in [-0.25, -0.2) is 0 Å². The molecule has 0 radical (unpaired) electrons. The van der Waals surface area contributed by atoms with Gasteiger partial charge in [-0.3, -0.25) is 0 Å². The van der Waals surface area contributed by atoms with E-state index in [1.807, 2.05) is 12.1 Å². The number of fused-ring (bicyclic) bond motifs is 10. The van der Waals surface area contributed by atoms with Crippen LogP contribution in [-0.2, 0) is 5.41 Å². The zero-order chi connectivity index (χ0) is 38.5. The molecule has 2 aromatic heterocycles. The fraction of sp³-hybridized carbons (Fsp3) is 0.0545. The second kappa shape index (κ2) is 12.3.